The van der Waals surface area contributed by atoms with E-state index in [-0.39, 0.29) is 18.2 Å². The number of methoxy groups -OCH3 is 2. The minimum Gasteiger partial charge on any atom is -0.493 e. The number of aromatic nitrogens is 3. The predicted octanol–water partition coefficient (Wildman–Crippen LogP) is 2.08. The fourth-order valence-corrected chi connectivity index (χ4v) is 2.85. The van der Waals surface area contributed by atoms with Crippen molar-refractivity contribution in [3.05, 3.63) is 29.5 Å². The highest BCUT2D eigenvalue weighted by Gasteiger charge is 2.40. The second kappa shape index (κ2) is 7.06. The van der Waals surface area contributed by atoms with Crippen LogP contribution in [0.3, 0.4) is 0 Å². The number of hydrogen-bond acceptors (Lipinski definition) is 7. The van der Waals surface area contributed by atoms with Crippen LogP contribution in [-0.2, 0) is 4.74 Å². The molecule has 0 radical (unpaired) electrons. The maximum atomic E-state index is 12.8. The van der Waals surface area contributed by atoms with Crippen molar-refractivity contribution in [3.8, 4) is 5.75 Å². The highest BCUT2D eigenvalue weighted by atomic mass is 16.5. The van der Waals surface area contributed by atoms with Crippen LogP contribution < -0.4 is 10.1 Å². The first-order valence-corrected chi connectivity index (χ1v) is 7.94. The molecule has 1 N–H and O–H groups in total. The molecule has 9 nitrogen and oxygen atoms in total. The Kier molecular flexibility index (Phi) is 4.84. The van der Waals surface area contributed by atoms with Gasteiger partial charge in [0.25, 0.3) is 0 Å². The molecule has 1 fully saturated rings. The van der Waals surface area contributed by atoms with Crippen LogP contribution in [0.4, 0.5) is 10.6 Å². The molecule has 0 bridgehead atoms. The van der Waals surface area contributed by atoms with Crippen molar-refractivity contribution in [2.45, 2.75) is 32.4 Å². The molecule has 9 heteroatoms. The van der Waals surface area contributed by atoms with Gasteiger partial charge < -0.3 is 18.9 Å². The number of pyridine rings is 1. The molecule has 0 aliphatic carbocycles. The minimum absolute atomic E-state index is 0.102. The van der Waals surface area contributed by atoms with Crippen LogP contribution in [0, 0.1) is 13.8 Å². The van der Waals surface area contributed by atoms with Crippen molar-refractivity contribution in [1.29, 1.82) is 0 Å². The molecule has 3 rings (SSSR count). The summed E-state index contributed by atoms with van der Waals surface area (Å²) in [6.07, 6.45) is 0.486. The number of nitrogens with zero attached hydrogens (tertiary/aromatic N) is 4. The number of aryl methyl sites for hydroxylation is 2. The minimum atomic E-state index is -0.345. The average molecular weight is 347 g/mol. The normalized spacial score (nSPS) is 19.9. The SMILES string of the molecule is COc1ccc(C)nc1NC(=O)N1C[C@H](OC)C[C@@H]1c1nc(C)no1. The van der Waals surface area contributed by atoms with E-state index >= 15 is 0 Å². The molecular formula is C16H21N5O4. The van der Waals surface area contributed by atoms with Crippen LogP contribution in [0.25, 0.3) is 0 Å². The van der Waals surface area contributed by atoms with Crippen LogP contribution in [0.2, 0.25) is 0 Å². The number of rotatable bonds is 4. The van der Waals surface area contributed by atoms with E-state index in [1.807, 2.05) is 13.0 Å². The zero-order chi connectivity index (χ0) is 18.0. The fourth-order valence-electron chi connectivity index (χ4n) is 2.85. The third-order valence-corrected chi connectivity index (χ3v) is 4.13. The number of carbonyl (C=O) groups is 1. The summed E-state index contributed by atoms with van der Waals surface area (Å²) in [5, 5.41) is 6.61. The summed E-state index contributed by atoms with van der Waals surface area (Å²) in [5.41, 5.74) is 0.774. The van der Waals surface area contributed by atoms with Gasteiger partial charge in [-0.05, 0) is 26.0 Å². The predicted molar refractivity (Wildman–Crippen MR) is 88.4 cm³/mol. The third-order valence-electron chi connectivity index (χ3n) is 4.13. The Morgan fingerprint density at radius 2 is 2.12 bits per heavy atom. The van der Waals surface area contributed by atoms with Crippen LogP contribution >= 0.6 is 0 Å². The lowest BCUT2D eigenvalue weighted by atomic mass is 10.2. The lowest BCUT2D eigenvalue weighted by Gasteiger charge is -2.22. The molecule has 2 aromatic heterocycles. The summed E-state index contributed by atoms with van der Waals surface area (Å²) in [6, 6.07) is 2.91. The van der Waals surface area contributed by atoms with Crippen LogP contribution in [0.1, 0.15) is 29.9 Å². The molecule has 2 atom stereocenters. The van der Waals surface area contributed by atoms with Crippen LogP contribution in [-0.4, -0.2) is 52.9 Å². The Morgan fingerprint density at radius 1 is 1.32 bits per heavy atom. The van der Waals surface area contributed by atoms with Crippen molar-refractivity contribution in [3.63, 3.8) is 0 Å². The van der Waals surface area contributed by atoms with Crippen molar-refractivity contribution in [2.24, 2.45) is 0 Å². The third kappa shape index (κ3) is 3.55. The van der Waals surface area contributed by atoms with Gasteiger partial charge in [0.05, 0.1) is 13.2 Å². The van der Waals surface area contributed by atoms with E-state index in [0.717, 1.165) is 5.69 Å². The lowest BCUT2D eigenvalue weighted by Crippen LogP contribution is -2.36. The number of carbonyl (C=O) groups excluding carboxylic acids is 1. The van der Waals surface area contributed by atoms with E-state index in [1.165, 1.54) is 7.11 Å². The molecule has 2 amide bonds. The van der Waals surface area contributed by atoms with E-state index in [2.05, 4.69) is 20.4 Å². The van der Waals surface area contributed by atoms with Gasteiger partial charge >= 0.3 is 6.03 Å². The lowest BCUT2D eigenvalue weighted by molar-refractivity contribution is 0.111. The van der Waals surface area contributed by atoms with Gasteiger partial charge in [-0.3, -0.25) is 5.32 Å². The first-order chi connectivity index (χ1) is 12.0. The van der Waals surface area contributed by atoms with Gasteiger partial charge in [-0.2, -0.15) is 4.98 Å². The summed E-state index contributed by atoms with van der Waals surface area (Å²) >= 11 is 0. The molecule has 0 aromatic carbocycles. The Morgan fingerprint density at radius 3 is 2.76 bits per heavy atom. The van der Waals surface area contributed by atoms with E-state index in [1.54, 1.807) is 25.0 Å². The topological polar surface area (TPSA) is 103 Å². The Balaban J connectivity index is 1.83. The summed E-state index contributed by atoms with van der Waals surface area (Å²) in [6.45, 7) is 4.00. The summed E-state index contributed by atoms with van der Waals surface area (Å²) < 4.78 is 15.9. The number of anilines is 1. The van der Waals surface area contributed by atoms with Crippen molar-refractivity contribution in [2.75, 3.05) is 26.1 Å². The molecule has 1 saturated heterocycles. The summed E-state index contributed by atoms with van der Waals surface area (Å²) in [5.74, 6) is 1.79. The van der Waals surface area contributed by atoms with E-state index in [9.17, 15) is 4.79 Å². The zero-order valence-corrected chi connectivity index (χ0v) is 14.6. The number of amides is 2. The van der Waals surface area contributed by atoms with E-state index < -0.39 is 0 Å². The second-order valence-electron chi connectivity index (χ2n) is 5.88. The number of urea groups is 1. The standard InChI is InChI=1S/C16H21N5O4/c1-9-5-6-13(24-4)14(17-9)19-16(22)21-8-11(23-3)7-12(21)15-18-10(2)20-25-15/h5-6,11-12H,7-8H2,1-4H3,(H,17,19,22)/t11-,12-/m1/s1. The van der Waals surface area contributed by atoms with Gasteiger partial charge in [0.2, 0.25) is 5.89 Å². The average Bonchev–Trinajstić information content (AvgIpc) is 3.21. The highest BCUT2D eigenvalue weighted by Crippen LogP contribution is 2.33. The molecule has 2 aromatic rings. The monoisotopic (exact) mass is 347 g/mol. The molecule has 1 aliphatic rings. The maximum absolute atomic E-state index is 12.8. The maximum Gasteiger partial charge on any atom is 0.323 e. The van der Waals surface area contributed by atoms with Gasteiger partial charge in [0, 0.05) is 25.8 Å². The van der Waals surface area contributed by atoms with Gasteiger partial charge in [0.15, 0.2) is 17.4 Å². The first-order valence-electron chi connectivity index (χ1n) is 7.94. The molecule has 0 unspecified atom stereocenters. The van der Waals surface area contributed by atoms with Crippen molar-refractivity contribution >= 4 is 11.8 Å². The summed E-state index contributed by atoms with van der Waals surface area (Å²) in [7, 11) is 3.15. The Hall–Kier alpha value is -2.68. The van der Waals surface area contributed by atoms with Gasteiger partial charge in [-0.25, -0.2) is 9.78 Å². The van der Waals surface area contributed by atoms with E-state index in [4.69, 9.17) is 14.0 Å². The fraction of sp³-hybridized carbons (Fsp3) is 0.500. The number of nitrogens with one attached hydrogen (secondary N) is 1. The largest absolute Gasteiger partial charge is 0.493 e. The Bertz CT molecular complexity index is 763. The van der Waals surface area contributed by atoms with Gasteiger partial charge in [-0.1, -0.05) is 5.16 Å². The molecule has 134 valence electrons. The van der Waals surface area contributed by atoms with Crippen LogP contribution in [0.15, 0.2) is 16.7 Å². The number of hydrogen-bond donors (Lipinski definition) is 1. The molecule has 3 heterocycles. The second-order valence-corrected chi connectivity index (χ2v) is 5.88. The van der Waals surface area contributed by atoms with E-state index in [0.29, 0.717) is 36.2 Å². The Labute approximate surface area is 145 Å². The number of likely N-dealkylation sites (tertiary alicyclic amines) is 1. The van der Waals surface area contributed by atoms with Gasteiger partial charge in [0.1, 0.15) is 6.04 Å². The summed E-state index contributed by atoms with van der Waals surface area (Å²) in [4.78, 5) is 23.0. The molecule has 0 spiro atoms. The quantitative estimate of drug-likeness (QED) is 0.903. The van der Waals surface area contributed by atoms with Crippen molar-refractivity contribution in [1.82, 2.24) is 20.0 Å². The zero-order valence-electron chi connectivity index (χ0n) is 14.6. The molecular weight excluding hydrogens is 326 g/mol. The first kappa shape index (κ1) is 17.2. The smallest absolute Gasteiger partial charge is 0.323 e. The highest BCUT2D eigenvalue weighted by molar-refractivity contribution is 5.90. The number of ether oxygens (including phenoxy) is 2. The van der Waals surface area contributed by atoms with Crippen LogP contribution in [0.5, 0.6) is 5.75 Å². The van der Waals surface area contributed by atoms with Gasteiger partial charge in [-0.15, -0.1) is 0 Å². The molecule has 25 heavy (non-hydrogen) atoms. The molecule has 1 aliphatic heterocycles. The molecule has 0 saturated carbocycles. The van der Waals surface area contributed by atoms with Crippen molar-refractivity contribution < 1.29 is 18.8 Å².